The molecule has 0 aromatic heterocycles. The zero-order valence-electron chi connectivity index (χ0n) is 21.0. The van der Waals surface area contributed by atoms with Gasteiger partial charge in [-0.3, -0.25) is 14.5 Å². The van der Waals surface area contributed by atoms with E-state index in [4.69, 9.17) is 14.2 Å². The van der Waals surface area contributed by atoms with Crippen LogP contribution in [0.4, 0.5) is 17.1 Å². The van der Waals surface area contributed by atoms with E-state index in [9.17, 15) is 14.4 Å². The number of carbonyl (C=O) groups excluding carboxylic acids is 3. The molecule has 0 radical (unpaired) electrons. The summed E-state index contributed by atoms with van der Waals surface area (Å²) >= 11 is 1.09. The fourth-order valence-corrected chi connectivity index (χ4v) is 4.45. The van der Waals surface area contributed by atoms with Crippen molar-refractivity contribution in [3.63, 3.8) is 0 Å². The highest BCUT2D eigenvalue weighted by Crippen LogP contribution is 2.37. The molecule has 0 atom stereocenters. The Balaban J connectivity index is 1.58. The van der Waals surface area contributed by atoms with Gasteiger partial charge in [0.2, 0.25) is 5.91 Å². The van der Waals surface area contributed by atoms with E-state index < -0.39 is 11.9 Å². The summed E-state index contributed by atoms with van der Waals surface area (Å²) in [6, 6.07) is 20.4. The Morgan fingerprint density at radius 3 is 2.11 bits per heavy atom. The minimum absolute atomic E-state index is 0.203. The van der Waals surface area contributed by atoms with Crippen molar-refractivity contribution in [1.29, 1.82) is 0 Å². The first-order valence-electron chi connectivity index (χ1n) is 11.6. The zero-order valence-corrected chi connectivity index (χ0v) is 21.8. The van der Waals surface area contributed by atoms with E-state index in [0.29, 0.717) is 39.3 Å². The van der Waals surface area contributed by atoms with E-state index in [1.807, 2.05) is 0 Å². The molecule has 194 valence electrons. The number of rotatable bonds is 8. The number of aliphatic imine (C=N–C) groups is 1. The second kappa shape index (κ2) is 12.1. The van der Waals surface area contributed by atoms with Gasteiger partial charge in [0.15, 0.2) is 5.17 Å². The summed E-state index contributed by atoms with van der Waals surface area (Å²) in [5.74, 6) is 0.00237. The van der Waals surface area contributed by atoms with E-state index >= 15 is 0 Å². The number of ether oxygens (including phenoxy) is 3. The summed E-state index contributed by atoms with van der Waals surface area (Å²) in [7, 11) is 3.14. The van der Waals surface area contributed by atoms with E-state index in [1.165, 1.54) is 11.0 Å². The van der Waals surface area contributed by atoms with Crippen LogP contribution in [0.15, 0.2) is 88.8 Å². The van der Waals surface area contributed by atoms with Gasteiger partial charge in [0.05, 0.1) is 42.7 Å². The predicted molar refractivity (Wildman–Crippen MR) is 147 cm³/mol. The molecule has 10 heteroatoms. The molecule has 1 N–H and O–H groups in total. The van der Waals surface area contributed by atoms with Crippen molar-refractivity contribution < 1.29 is 28.6 Å². The van der Waals surface area contributed by atoms with Gasteiger partial charge in [0, 0.05) is 11.8 Å². The molecule has 3 aromatic carbocycles. The number of anilines is 2. The van der Waals surface area contributed by atoms with E-state index in [0.717, 1.165) is 11.8 Å². The summed E-state index contributed by atoms with van der Waals surface area (Å²) in [4.78, 5) is 44.3. The lowest BCUT2D eigenvalue weighted by Crippen LogP contribution is -2.28. The summed E-state index contributed by atoms with van der Waals surface area (Å²) < 4.78 is 15.4. The maximum absolute atomic E-state index is 13.4. The molecule has 1 aliphatic rings. The van der Waals surface area contributed by atoms with Gasteiger partial charge < -0.3 is 19.5 Å². The third-order valence-electron chi connectivity index (χ3n) is 5.36. The van der Waals surface area contributed by atoms with Gasteiger partial charge in [-0.15, -0.1) is 0 Å². The van der Waals surface area contributed by atoms with Gasteiger partial charge in [0.25, 0.3) is 5.91 Å². The second-order valence-corrected chi connectivity index (χ2v) is 8.84. The van der Waals surface area contributed by atoms with Gasteiger partial charge in [0.1, 0.15) is 11.5 Å². The highest BCUT2D eigenvalue weighted by Gasteiger charge is 2.35. The van der Waals surface area contributed by atoms with Crippen LogP contribution in [0.5, 0.6) is 11.5 Å². The number of nitrogens with one attached hydrogen (secondary N) is 1. The first kappa shape index (κ1) is 26.5. The van der Waals surface area contributed by atoms with Crippen LogP contribution in [-0.2, 0) is 14.3 Å². The van der Waals surface area contributed by atoms with Crippen molar-refractivity contribution in [2.45, 2.75) is 6.92 Å². The van der Waals surface area contributed by atoms with Crippen LogP contribution in [-0.4, -0.2) is 43.8 Å². The normalized spacial score (nSPS) is 15.0. The lowest BCUT2D eigenvalue weighted by Gasteiger charge is -2.16. The van der Waals surface area contributed by atoms with Crippen molar-refractivity contribution >= 4 is 51.8 Å². The van der Waals surface area contributed by atoms with Gasteiger partial charge in [-0.25, -0.2) is 9.79 Å². The van der Waals surface area contributed by atoms with Crippen molar-refractivity contribution in [1.82, 2.24) is 0 Å². The molecule has 0 bridgehead atoms. The molecule has 4 rings (SSSR count). The Labute approximate surface area is 224 Å². The van der Waals surface area contributed by atoms with Crippen LogP contribution in [0.2, 0.25) is 0 Å². The van der Waals surface area contributed by atoms with Gasteiger partial charge in [-0.05, 0) is 91.5 Å². The first-order chi connectivity index (χ1) is 18.4. The number of hydrogen-bond donors (Lipinski definition) is 1. The van der Waals surface area contributed by atoms with Crippen LogP contribution < -0.4 is 19.7 Å². The molecule has 0 aliphatic carbocycles. The average molecular weight is 532 g/mol. The molecule has 38 heavy (non-hydrogen) atoms. The lowest BCUT2D eigenvalue weighted by molar-refractivity contribution is -0.115. The van der Waals surface area contributed by atoms with Crippen molar-refractivity contribution in [2.75, 3.05) is 31.0 Å². The standard InChI is InChI=1S/C28H25N3O6S/c1-4-37-27(34)18-5-7-19(8-6-18)29-25(32)17-24-26(33)31(21-11-15-23(36-3)16-12-21)28(38-24)30-20-9-13-22(35-2)14-10-20/h5-17H,4H2,1-3H3,(H,29,32)/b24-17+,30-28?. The molecule has 2 amide bonds. The minimum atomic E-state index is -0.495. The maximum atomic E-state index is 13.4. The Morgan fingerprint density at radius 1 is 0.921 bits per heavy atom. The third-order valence-corrected chi connectivity index (χ3v) is 6.33. The van der Waals surface area contributed by atoms with Crippen LogP contribution in [0.25, 0.3) is 0 Å². The topological polar surface area (TPSA) is 107 Å². The molecule has 0 unspecified atom stereocenters. The molecule has 1 saturated heterocycles. The summed E-state index contributed by atoms with van der Waals surface area (Å²) in [5, 5.41) is 3.10. The van der Waals surface area contributed by atoms with E-state index in [1.54, 1.807) is 93.9 Å². The smallest absolute Gasteiger partial charge is 0.338 e. The molecule has 0 spiro atoms. The number of benzene rings is 3. The average Bonchev–Trinajstić information content (AvgIpc) is 3.23. The number of amidine groups is 1. The number of hydrogen-bond acceptors (Lipinski definition) is 8. The molecule has 0 saturated carbocycles. The van der Waals surface area contributed by atoms with Crippen molar-refractivity contribution in [2.24, 2.45) is 4.99 Å². The molecule has 1 aliphatic heterocycles. The molecule has 1 fully saturated rings. The Hall–Kier alpha value is -4.57. The van der Waals surface area contributed by atoms with Gasteiger partial charge >= 0.3 is 5.97 Å². The number of methoxy groups -OCH3 is 2. The molecule has 1 heterocycles. The number of amides is 2. The van der Waals surface area contributed by atoms with Gasteiger partial charge in [-0.1, -0.05) is 0 Å². The zero-order chi connectivity index (χ0) is 27.1. The predicted octanol–water partition coefficient (Wildman–Crippen LogP) is 5.17. The fraction of sp³-hybridized carbons (Fsp3) is 0.143. The number of nitrogens with zero attached hydrogens (tertiary/aromatic N) is 2. The quantitative estimate of drug-likeness (QED) is 0.316. The van der Waals surface area contributed by atoms with Crippen molar-refractivity contribution in [3.05, 3.63) is 89.3 Å². The summed E-state index contributed by atoms with van der Waals surface area (Å²) in [5.41, 5.74) is 2.04. The highest BCUT2D eigenvalue weighted by molar-refractivity contribution is 8.19. The molecule has 9 nitrogen and oxygen atoms in total. The van der Waals surface area contributed by atoms with Crippen molar-refractivity contribution in [3.8, 4) is 11.5 Å². The van der Waals surface area contributed by atoms with Crippen LogP contribution in [0, 0.1) is 0 Å². The van der Waals surface area contributed by atoms with Crippen LogP contribution >= 0.6 is 11.8 Å². The molecule has 3 aromatic rings. The second-order valence-electron chi connectivity index (χ2n) is 7.83. The van der Waals surface area contributed by atoms with Crippen LogP contribution in [0.1, 0.15) is 17.3 Å². The number of esters is 1. The fourth-order valence-electron chi connectivity index (χ4n) is 3.48. The molecular formula is C28H25N3O6S. The Kier molecular flexibility index (Phi) is 8.44. The third kappa shape index (κ3) is 6.22. The Morgan fingerprint density at radius 2 is 1.53 bits per heavy atom. The highest BCUT2D eigenvalue weighted by atomic mass is 32.2. The van der Waals surface area contributed by atoms with E-state index in [2.05, 4.69) is 10.3 Å². The summed E-state index contributed by atoms with van der Waals surface area (Å²) in [6.45, 7) is 2.00. The Bertz CT molecular complexity index is 1380. The SMILES string of the molecule is CCOC(=O)c1ccc(NC(=O)/C=C2/SC(=Nc3ccc(OC)cc3)N(c3ccc(OC)cc3)C2=O)cc1. The first-order valence-corrected chi connectivity index (χ1v) is 12.4. The van der Waals surface area contributed by atoms with Crippen LogP contribution in [0.3, 0.4) is 0 Å². The lowest BCUT2D eigenvalue weighted by atomic mass is 10.2. The summed E-state index contributed by atoms with van der Waals surface area (Å²) in [6.07, 6.45) is 1.24. The number of carbonyl (C=O) groups is 3. The minimum Gasteiger partial charge on any atom is -0.497 e. The monoisotopic (exact) mass is 531 g/mol. The van der Waals surface area contributed by atoms with Gasteiger partial charge in [-0.2, -0.15) is 0 Å². The van der Waals surface area contributed by atoms with E-state index in [-0.39, 0.29) is 17.4 Å². The molecular weight excluding hydrogens is 506 g/mol. The number of thioether (sulfide) groups is 1. The maximum Gasteiger partial charge on any atom is 0.338 e. The largest absolute Gasteiger partial charge is 0.497 e.